The molecule has 0 atom stereocenters. The van der Waals surface area contributed by atoms with E-state index in [0.717, 1.165) is 44.1 Å². The molecule has 3 heterocycles. The van der Waals surface area contributed by atoms with Gasteiger partial charge < -0.3 is 9.52 Å². The molecule has 2 N–H and O–H groups in total. The van der Waals surface area contributed by atoms with E-state index >= 15 is 0 Å². The number of aryl methyl sites for hydroxylation is 1. The number of aliphatic hydroxyl groups excluding tert-OH is 1. The van der Waals surface area contributed by atoms with E-state index in [9.17, 15) is 18.3 Å². The number of rotatable bonds is 9. The number of halogens is 4. The van der Waals surface area contributed by atoms with Crippen molar-refractivity contribution in [3.05, 3.63) is 69.5 Å². The van der Waals surface area contributed by atoms with Crippen molar-refractivity contribution >= 4 is 26.9 Å². The van der Waals surface area contributed by atoms with Crippen LogP contribution >= 0.6 is 15.9 Å². The summed E-state index contributed by atoms with van der Waals surface area (Å²) in [6.45, 7) is 0.245. The van der Waals surface area contributed by atoms with Crippen molar-refractivity contribution in [2.75, 3.05) is 0 Å². The third kappa shape index (κ3) is 5.23. The number of benzene rings is 2. The number of aliphatic hydroxyl groups is 1. The summed E-state index contributed by atoms with van der Waals surface area (Å²) in [6, 6.07) is 13.2. The molecule has 2 aromatic carbocycles. The fraction of sp³-hybridized carbons (Fsp3) is 0.308. The molecule has 3 aromatic heterocycles. The molecule has 0 unspecified atom stereocenters. The Balaban J connectivity index is 1.54. The molecule has 0 aliphatic heterocycles. The van der Waals surface area contributed by atoms with Gasteiger partial charge in [0.2, 0.25) is 5.82 Å². The van der Waals surface area contributed by atoms with Gasteiger partial charge in [-0.1, -0.05) is 43.7 Å². The van der Waals surface area contributed by atoms with Gasteiger partial charge in [0.25, 0.3) is 0 Å². The van der Waals surface area contributed by atoms with Crippen molar-refractivity contribution in [3.8, 4) is 22.7 Å². The molecule has 5 aromatic rings. The van der Waals surface area contributed by atoms with Crippen LogP contribution in [0.4, 0.5) is 13.2 Å². The molecule has 0 aliphatic carbocycles. The zero-order valence-electron chi connectivity index (χ0n) is 20.4. The number of hydrogen-bond acceptors (Lipinski definition) is 6. The molecule has 0 aliphatic rings. The summed E-state index contributed by atoms with van der Waals surface area (Å²) in [5.74, 6) is 1.02. The van der Waals surface area contributed by atoms with Crippen LogP contribution in [-0.4, -0.2) is 41.7 Å². The number of alkyl halides is 3. The van der Waals surface area contributed by atoms with Crippen LogP contribution in [0.1, 0.15) is 42.3 Å². The highest BCUT2D eigenvalue weighted by atomic mass is 79.9. The Morgan fingerprint density at radius 3 is 2.61 bits per heavy atom. The number of H-pyrrole nitrogens is 1. The van der Waals surface area contributed by atoms with Gasteiger partial charge in [-0.15, -0.1) is 10.2 Å². The number of nitrogens with one attached hydrogen (secondary N) is 1. The summed E-state index contributed by atoms with van der Waals surface area (Å²) in [5, 5.41) is 29.3. The Labute approximate surface area is 224 Å². The van der Waals surface area contributed by atoms with Crippen molar-refractivity contribution in [1.82, 2.24) is 30.4 Å². The lowest BCUT2D eigenvalue weighted by atomic mass is 9.99. The Morgan fingerprint density at radius 1 is 1.13 bits per heavy atom. The molecule has 8 nitrogen and oxygen atoms in total. The summed E-state index contributed by atoms with van der Waals surface area (Å²) < 4.78 is 47.4. The van der Waals surface area contributed by atoms with Crippen molar-refractivity contribution in [2.45, 2.75) is 51.9 Å². The van der Waals surface area contributed by atoms with Crippen LogP contribution in [0.2, 0.25) is 0 Å². The van der Waals surface area contributed by atoms with E-state index in [1.165, 1.54) is 0 Å². The predicted octanol–water partition coefficient (Wildman–Crippen LogP) is 6.23. The molecule has 0 saturated carbocycles. The van der Waals surface area contributed by atoms with Crippen LogP contribution in [0.3, 0.4) is 0 Å². The maximum Gasteiger partial charge on any atom is 0.408 e. The minimum atomic E-state index is -4.44. The first-order chi connectivity index (χ1) is 18.3. The third-order valence-corrected chi connectivity index (χ3v) is 7.11. The number of aromatic amines is 1. The molecule has 198 valence electrons. The normalized spacial score (nSPS) is 12.1. The van der Waals surface area contributed by atoms with Gasteiger partial charge in [0.1, 0.15) is 17.9 Å². The highest BCUT2D eigenvalue weighted by Gasteiger charge is 2.31. The SMILES string of the molecule is CCCCc1nn(CC(F)(F)F)c(CO)c1Cc1ccc2oc(-c3ccccc3-c3nn[nH]n3)c(Br)c2c1. The van der Waals surface area contributed by atoms with Crippen LogP contribution in [0.25, 0.3) is 33.7 Å². The molecule has 0 bridgehead atoms. The van der Waals surface area contributed by atoms with Gasteiger partial charge in [0, 0.05) is 28.5 Å². The van der Waals surface area contributed by atoms with E-state index < -0.39 is 19.3 Å². The second-order valence-electron chi connectivity index (χ2n) is 8.94. The van der Waals surface area contributed by atoms with Gasteiger partial charge in [-0.05, 0) is 51.7 Å². The number of tetrazole rings is 1. The highest BCUT2D eigenvalue weighted by Crippen LogP contribution is 2.41. The molecule has 0 radical (unpaired) electrons. The fourth-order valence-electron chi connectivity index (χ4n) is 4.57. The second kappa shape index (κ2) is 10.7. The van der Waals surface area contributed by atoms with E-state index in [1.807, 2.05) is 49.4 Å². The number of furan rings is 1. The van der Waals surface area contributed by atoms with Gasteiger partial charge in [0.05, 0.1) is 22.5 Å². The van der Waals surface area contributed by atoms with E-state index in [0.29, 0.717) is 41.3 Å². The zero-order valence-corrected chi connectivity index (χ0v) is 22.0. The monoisotopic (exact) mass is 588 g/mol. The standard InChI is InChI=1S/C26H24BrF3N6O2/c1-2-3-8-20-18(21(13-37)36(33-20)14-26(28,29)30)11-15-9-10-22-19(12-15)23(27)24(38-22)16-6-4-5-7-17(16)25-31-34-35-32-25/h4-7,9-10,12,37H,2-3,8,11,13-14H2,1H3,(H,31,32,34,35). The Bertz CT molecular complexity index is 1560. The Kier molecular flexibility index (Phi) is 7.35. The zero-order chi connectivity index (χ0) is 26.9. The number of nitrogens with zero attached hydrogens (tertiary/aromatic N) is 5. The highest BCUT2D eigenvalue weighted by molar-refractivity contribution is 9.10. The number of fused-ring (bicyclic) bond motifs is 1. The van der Waals surface area contributed by atoms with Crippen molar-refractivity contribution in [1.29, 1.82) is 0 Å². The Morgan fingerprint density at radius 2 is 1.92 bits per heavy atom. The van der Waals surface area contributed by atoms with E-state index in [2.05, 4.69) is 41.7 Å². The molecule has 0 amide bonds. The smallest absolute Gasteiger partial charge is 0.408 e. The summed E-state index contributed by atoms with van der Waals surface area (Å²) in [6.07, 6.45) is -1.91. The average molecular weight is 589 g/mol. The van der Waals surface area contributed by atoms with E-state index in [1.54, 1.807) is 0 Å². The molecular weight excluding hydrogens is 565 g/mol. The minimum Gasteiger partial charge on any atom is -0.455 e. The molecule has 12 heteroatoms. The van der Waals surface area contributed by atoms with Crippen molar-refractivity contribution in [2.24, 2.45) is 0 Å². The van der Waals surface area contributed by atoms with Gasteiger partial charge in [-0.3, -0.25) is 4.68 Å². The number of aromatic nitrogens is 6. The van der Waals surface area contributed by atoms with Gasteiger partial charge in [-0.2, -0.15) is 23.5 Å². The molecular formula is C26H24BrF3N6O2. The molecule has 0 fully saturated rings. The number of unbranched alkanes of at least 4 members (excludes halogenated alkanes) is 1. The first kappa shape index (κ1) is 26.1. The molecule has 38 heavy (non-hydrogen) atoms. The minimum absolute atomic E-state index is 0.189. The third-order valence-electron chi connectivity index (χ3n) is 6.33. The molecule has 0 spiro atoms. The van der Waals surface area contributed by atoms with Crippen LogP contribution < -0.4 is 0 Å². The molecule has 0 saturated heterocycles. The summed E-state index contributed by atoms with van der Waals surface area (Å²) in [7, 11) is 0. The summed E-state index contributed by atoms with van der Waals surface area (Å²) in [4.78, 5) is 0. The lowest BCUT2D eigenvalue weighted by molar-refractivity contribution is -0.143. The van der Waals surface area contributed by atoms with Crippen molar-refractivity contribution < 1.29 is 22.7 Å². The molecule has 5 rings (SSSR count). The topological polar surface area (TPSA) is 106 Å². The number of hydrogen-bond donors (Lipinski definition) is 2. The first-order valence-electron chi connectivity index (χ1n) is 12.1. The quantitative estimate of drug-likeness (QED) is 0.211. The summed E-state index contributed by atoms with van der Waals surface area (Å²) in [5.41, 5.74) is 4.42. The van der Waals surface area contributed by atoms with E-state index in [4.69, 9.17) is 4.42 Å². The fourth-order valence-corrected chi connectivity index (χ4v) is 5.17. The largest absolute Gasteiger partial charge is 0.455 e. The predicted molar refractivity (Wildman–Crippen MR) is 138 cm³/mol. The Hall–Kier alpha value is -3.51. The maximum atomic E-state index is 13.2. The van der Waals surface area contributed by atoms with Crippen LogP contribution in [0.5, 0.6) is 0 Å². The lowest BCUT2D eigenvalue weighted by Gasteiger charge is -2.10. The first-order valence-corrected chi connectivity index (χ1v) is 12.9. The van der Waals surface area contributed by atoms with Gasteiger partial charge in [-0.25, -0.2) is 0 Å². The van der Waals surface area contributed by atoms with Gasteiger partial charge in [0.15, 0.2) is 0 Å². The second-order valence-corrected chi connectivity index (χ2v) is 9.73. The summed E-state index contributed by atoms with van der Waals surface area (Å²) >= 11 is 3.68. The van der Waals surface area contributed by atoms with Crippen molar-refractivity contribution in [3.63, 3.8) is 0 Å². The van der Waals surface area contributed by atoms with E-state index in [-0.39, 0.29) is 5.69 Å². The van der Waals surface area contributed by atoms with Crippen LogP contribution in [-0.2, 0) is 26.0 Å². The van der Waals surface area contributed by atoms with Crippen LogP contribution in [0.15, 0.2) is 51.4 Å². The lowest BCUT2D eigenvalue weighted by Crippen LogP contribution is -2.20. The maximum absolute atomic E-state index is 13.2. The van der Waals surface area contributed by atoms with Gasteiger partial charge >= 0.3 is 6.18 Å². The van der Waals surface area contributed by atoms with Crippen LogP contribution in [0, 0.1) is 0 Å². The average Bonchev–Trinajstić information content (AvgIpc) is 3.61.